The van der Waals surface area contributed by atoms with Crippen LogP contribution < -0.4 is 9.64 Å². The Kier molecular flexibility index (Phi) is 6.07. The number of nitrogens with zero attached hydrogens (tertiary/aromatic N) is 2. The molecule has 0 unspecified atom stereocenters. The number of aliphatic hydroxyl groups excluding tert-OH is 1. The van der Waals surface area contributed by atoms with E-state index < -0.39 is 5.78 Å². The third-order valence-electron chi connectivity index (χ3n) is 5.29. The first-order valence-electron chi connectivity index (χ1n) is 9.95. The number of fused-ring (bicyclic) bond motifs is 1. The number of aromatic amines is 1. The average molecular weight is 456 g/mol. The summed E-state index contributed by atoms with van der Waals surface area (Å²) >= 11 is 6.52. The van der Waals surface area contributed by atoms with Crippen molar-refractivity contribution in [3.8, 4) is 22.9 Å². The summed E-state index contributed by atoms with van der Waals surface area (Å²) < 4.78 is 10.0. The van der Waals surface area contributed by atoms with Gasteiger partial charge in [0.2, 0.25) is 17.4 Å². The number of nitrogens with one attached hydrogen (secondary N) is 1. The van der Waals surface area contributed by atoms with Gasteiger partial charge >= 0.3 is 0 Å². The van der Waals surface area contributed by atoms with Crippen molar-refractivity contribution in [2.75, 3.05) is 32.2 Å². The molecule has 0 saturated heterocycles. The van der Waals surface area contributed by atoms with Crippen molar-refractivity contribution in [3.63, 3.8) is 0 Å². The summed E-state index contributed by atoms with van der Waals surface area (Å²) in [5, 5.41) is 24.1. The number of carbonyl (C=O) groups excluding carboxylic acids is 1. The van der Waals surface area contributed by atoms with E-state index in [2.05, 4.69) is 15.0 Å². The van der Waals surface area contributed by atoms with Gasteiger partial charge in [-0.1, -0.05) is 23.7 Å². The highest BCUT2D eigenvalue weighted by molar-refractivity contribution is 6.34. The lowest BCUT2D eigenvalue weighted by Gasteiger charge is -2.19. The van der Waals surface area contributed by atoms with Crippen LogP contribution >= 0.6 is 11.6 Å². The van der Waals surface area contributed by atoms with Crippen LogP contribution in [0.15, 0.2) is 47.0 Å². The number of anilines is 1. The number of benzene rings is 2. The monoisotopic (exact) mass is 455 g/mol. The maximum absolute atomic E-state index is 13.0. The molecule has 0 aliphatic carbocycles. The molecule has 4 rings (SSSR count). The molecule has 4 aromatic rings. The number of hydrogen-bond donors (Lipinski definition) is 3. The summed E-state index contributed by atoms with van der Waals surface area (Å²) in [6, 6.07) is 12.6. The fraction of sp³-hybridized carbons (Fsp3) is 0.217. The van der Waals surface area contributed by atoms with E-state index in [4.69, 9.17) is 26.0 Å². The van der Waals surface area contributed by atoms with Gasteiger partial charge < -0.3 is 29.4 Å². The van der Waals surface area contributed by atoms with Gasteiger partial charge in [-0.3, -0.25) is 4.79 Å². The van der Waals surface area contributed by atoms with Gasteiger partial charge in [-0.15, -0.1) is 0 Å². The summed E-state index contributed by atoms with van der Waals surface area (Å²) in [4.78, 5) is 17.8. The summed E-state index contributed by atoms with van der Waals surface area (Å²) in [5.74, 6) is -0.696. The molecule has 8 nitrogen and oxygen atoms in total. The molecule has 166 valence electrons. The van der Waals surface area contributed by atoms with Gasteiger partial charge in [0.25, 0.3) is 5.88 Å². The van der Waals surface area contributed by atoms with Gasteiger partial charge in [-0.2, -0.15) is 0 Å². The van der Waals surface area contributed by atoms with E-state index in [1.807, 2.05) is 31.3 Å². The highest BCUT2D eigenvalue weighted by Gasteiger charge is 2.25. The number of ketones is 1. The van der Waals surface area contributed by atoms with Gasteiger partial charge in [-0.05, 0) is 41.4 Å². The molecule has 0 bridgehead atoms. The van der Waals surface area contributed by atoms with E-state index in [9.17, 15) is 9.90 Å². The highest BCUT2D eigenvalue weighted by Crippen LogP contribution is 2.37. The molecule has 0 amide bonds. The first kappa shape index (κ1) is 21.7. The third-order valence-corrected chi connectivity index (χ3v) is 5.60. The van der Waals surface area contributed by atoms with Crippen LogP contribution in [0.3, 0.4) is 0 Å². The molecule has 0 radical (unpaired) electrons. The van der Waals surface area contributed by atoms with Crippen LogP contribution in [0.5, 0.6) is 11.8 Å². The van der Waals surface area contributed by atoms with Crippen molar-refractivity contribution in [2.45, 2.75) is 6.42 Å². The van der Waals surface area contributed by atoms with E-state index in [0.29, 0.717) is 27.9 Å². The second-order valence-electron chi connectivity index (χ2n) is 7.33. The zero-order valence-corrected chi connectivity index (χ0v) is 18.3. The molecule has 3 N–H and O–H groups in total. The molecule has 2 heterocycles. The Morgan fingerprint density at radius 1 is 1.25 bits per heavy atom. The predicted molar refractivity (Wildman–Crippen MR) is 122 cm³/mol. The minimum absolute atomic E-state index is 0.0511. The van der Waals surface area contributed by atoms with E-state index in [1.54, 1.807) is 12.1 Å². The lowest BCUT2D eigenvalue weighted by Crippen LogP contribution is -2.19. The first-order valence-corrected chi connectivity index (χ1v) is 10.3. The Morgan fingerprint density at radius 3 is 2.66 bits per heavy atom. The Labute approximate surface area is 189 Å². The Morgan fingerprint density at radius 2 is 2.00 bits per heavy atom. The smallest absolute Gasteiger partial charge is 0.254 e. The number of H-pyrrole nitrogens is 1. The van der Waals surface area contributed by atoms with Crippen molar-refractivity contribution < 1.29 is 24.3 Å². The molecule has 2 aromatic heterocycles. The van der Waals surface area contributed by atoms with Crippen LogP contribution in [0.25, 0.3) is 22.0 Å². The lowest BCUT2D eigenvalue weighted by atomic mass is 10.00. The van der Waals surface area contributed by atoms with Crippen molar-refractivity contribution in [2.24, 2.45) is 0 Å². The van der Waals surface area contributed by atoms with E-state index >= 15 is 0 Å². The number of aromatic hydroxyl groups is 1. The maximum atomic E-state index is 13.0. The molecule has 0 saturated carbocycles. The lowest BCUT2D eigenvalue weighted by molar-refractivity contribution is 0.0999. The van der Waals surface area contributed by atoms with Crippen LogP contribution in [0.4, 0.5) is 5.69 Å². The predicted octanol–water partition coefficient (Wildman–Crippen LogP) is 4.24. The van der Waals surface area contributed by atoms with Gasteiger partial charge in [0, 0.05) is 36.8 Å². The van der Waals surface area contributed by atoms with Crippen LogP contribution in [0.2, 0.25) is 5.02 Å². The number of carbonyl (C=O) groups is 1. The van der Waals surface area contributed by atoms with E-state index in [-0.39, 0.29) is 29.7 Å². The number of halogens is 1. The molecule has 0 aliphatic rings. The third kappa shape index (κ3) is 4.02. The number of rotatable bonds is 8. The second kappa shape index (κ2) is 8.94. The van der Waals surface area contributed by atoms with Crippen LogP contribution in [-0.4, -0.2) is 53.4 Å². The molecule has 0 fully saturated rings. The normalized spacial score (nSPS) is 11.1. The molecule has 32 heavy (non-hydrogen) atoms. The molecule has 2 aromatic carbocycles. The van der Waals surface area contributed by atoms with E-state index in [0.717, 1.165) is 17.8 Å². The topological polar surface area (TPSA) is 112 Å². The SMILES string of the molecule is COc1cc(C(=O)c2c(O)[nH]c3cc(Cl)c(-c4ccc(N(C)CCCO)cc4)cc23)on1. The zero-order chi connectivity index (χ0) is 22.8. The minimum atomic E-state index is -0.529. The zero-order valence-electron chi connectivity index (χ0n) is 17.6. The maximum Gasteiger partial charge on any atom is 0.254 e. The number of ether oxygens (including phenoxy) is 1. The standard InChI is InChI=1S/C23H22ClN3O5/c1-27(8-3-9-28)14-6-4-13(5-7-14)15-10-16-18(11-17(15)24)25-23(30)21(16)22(29)19-12-20(31-2)26-32-19/h4-7,10-12,25,28,30H,3,8-9H2,1-2H3. The van der Waals surface area contributed by atoms with Gasteiger partial charge in [0.05, 0.1) is 29.3 Å². The summed E-state index contributed by atoms with van der Waals surface area (Å²) in [6.45, 7) is 0.881. The van der Waals surface area contributed by atoms with Gasteiger partial charge in [-0.25, -0.2) is 0 Å². The first-order chi connectivity index (χ1) is 15.4. The molecule has 0 atom stereocenters. The molecular weight excluding hydrogens is 434 g/mol. The van der Waals surface area contributed by atoms with Crippen molar-refractivity contribution in [1.82, 2.24) is 10.1 Å². The fourth-order valence-corrected chi connectivity index (χ4v) is 3.84. The molecule has 0 aliphatic heterocycles. The highest BCUT2D eigenvalue weighted by atomic mass is 35.5. The number of hydrogen-bond acceptors (Lipinski definition) is 7. The Bertz CT molecular complexity index is 1260. The average Bonchev–Trinajstić information content (AvgIpc) is 3.40. The Balaban J connectivity index is 1.73. The van der Waals surface area contributed by atoms with Crippen LogP contribution in [-0.2, 0) is 0 Å². The van der Waals surface area contributed by atoms with Crippen molar-refractivity contribution >= 4 is 34.0 Å². The van der Waals surface area contributed by atoms with Gasteiger partial charge in [0.1, 0.15) is 0 Å². The minimum Gasteiger partial charge on any atom is -0.494 e. The summed E-state index contributed by atoms with van der Waals surface area (Å²) in [5.41, 5.74) is 3.17. The van der Waals surface area contributed by atoms with Crippen molar-refractivity contribution in [1.29, 1.82) is 0 Å². The number of aliphatic hydroxyl groups is 1. The van der Waals surface area contributed by atoms with Crippen LogP contribution in [0, 0.1) is 0 Å². The summed E-state index contributed by atoms with van der Waals surface area (Å²) in [6.07, 6.45) is 0.686. The molecule has 0 spiro atoms. The van der Waals surface area contributed by atoms with Crippen molar-refractivity contribution in [3.05, 3.63) is 58.8 Å². The molecule has 9 heteroatoms. The fourth-order valence-electron chi connectivity index (χ4n) is 3.57. The van der Waals surface area contributed by atoms with E-state index in [1.165, 1.54) is 13.2 Å². The Hall–Kier alpha value is -3.49. The molecular formula is C23H22ClN3O5. The summed E-state index contributed by atoms with van der Waals surface area (Å²) in [7, 11) is 3.38. The van der Waals surface area contributed by atoms with Gasteiger partial charge in [0.15, 0.2) is 0 Å². The number of methoxy groups -OCH3 is 1. The van der Waals surface area contributed by atoms with Crippen LogP contribution in [0.1, 0.15) is 22.5 Å². The number of aromatic nitrogens is 2. The largest absolute Gasteiger partial charge is 0.494 e. The quantitative estimate of drug-likeness (QED) is 0.341. The second-order valence-corrected chi connectivity index (χ2v) is 7.74.